The van der Waals surface area contributed by atoms with Crippen LogP contribution in [0.3, 0.4) is 0 Å². The normalized spacial score (nSPS) is 16.1. The number of rotatable bonds is 8. The highest BCUT2D eigenvalue weighted by Crippen LogP contribution is 2.28. The maximum atomic E-state index is 12.8. The van der Waals surface area contributed by atoms with E-state index in [1.165, 1.54) is 0 Å². The molecule has 2 aromatic rings. The largest absolute Gasteiger partial charge is 0.319 e. The van der Waals surface area contributed by atoms with E-state index in [0.717, 1.165) is 29.8 Å². The van der Waals surface area contributed by atoms with Crippen LogP contribution in [-0.2, 0) is 14.8 Å². The molecule has 0 aliphatic carbocycles. The summed E-state index contributed by atoms with van der Waals surface area (Å²) in [5, 5.41) is 7.41. The molecule has 0 radical (unpaired) electrons. The molecule has 0 spiro atoms. The van der Waals surface area contributed by atoms with Gasteiger partial charge in [0.1, 0.15) is 0 Å². The highest BCUT2D eigenvalue weighted by atomic mass is 32.2. The van der Waals surface area contributed by atoms with Crippen LogP contribution in [0.15, 0.2) is 48.2 Å². The van der Waals surface area contributed by atoms with Crippen LogP contribution in [0, 0.1) is 19.8 Å². The number of aryl methyl sites for hydroxylation is 2. The van der Waals surface area contributed by atoms with Crippen molar-refractivity contribution in [1.82, 2.24) is 19.1 Å². The fourth-order valence-electron chi connectivity index (χ4n) is 4.00. The van der Waals surface area contributed by atoms with Gasteiger partial charge < -0.3 is 5.32 Å². The van der Waals surface area contributed by atoms with E-state index in [2.05, 4.69) is 22.0 Å². The standard InChI is InChI=1S/C24H33N5O3S/c1-6-33(31,32)28-14-11-21(12-15-28)17(2)9-10-18(3)24(30)26-22-8-7-13-25-23(22)29-20(5)16-19(4)27-29/h7-8,10,13,16,21H,2,6,9,11-12,14-15H2,1,3-5H3,(H,26,30)/b18-10+. The van der Waals surface area contributed by atoms with Crippen LogP contribution in [0.25, 0.3) is 5.82 Å². The van der Waals surface area contributed by atoms with Crippen LogP contribution in [0.2, 0.25) is 0 Å². The number of hydrogen-bond acceptors (Lipinski definition) is 5. The van der Waals surface area contributed by atoms with Crippen molar-refractivity contribution < 1.29 is 13.2 Å². The molecule has 0 atom stereocenters. The fraction of sp³-hybridized carbons (Fsp3) is 0.458. The van der Waals surface area contributed by atoms with Crippen molar-refractivity contribution >= 4 is 21.6 Å². The Labute approximate surface area is 196 Å². The van der Waals surface area contributed by atoms with E-state index in [1.807, 2.05) is 26.0 Å². The number of piperidine rings is 1. The molecule has 1 fully saturated rings. The molecule has 8 nitrogen and oxygen atoms in total. The minimum Gasteiger partial charge on any atom is -0.319 e. The quantitative estimate of drug-likeness (QED) is 0.467. The molecule has 1 aliphatic rings. The number of aromatic nitrogens is 3. The Morgan fingerprint density at radius 3 is 2.61 bits per heavy atom. The molecule has 0 bridgehead atoms. The third kappa shape index (κ3) is 5.97. The molecule has 3 rings (SSSR count). The Bertz CT molecular complexity index is 1160. The number of hydrogen-bond donors (Lipinski definition) is 1. The van der Waals surface area contributed by atoms with Crippen LogP contribution < -0.4 is 5.32 Å². The second kappa shape index (κ2) is 10.4. The first-order valence-corrected chi connectivity index (χ1v) is 12.9. The van der Waals surface area contributed by atoms with Gasteiger partial charge in [0, 0.05) is 30.6 Å². The topological polar surface area (TPSA) is 97.2 Å². The summed E-state index contributed by atoms with van der Waals surface area (Å²) < 4.78 is 27.4. The number of nitrogens with one attached hydrogen (secondary N) is 1. The number of allylic oxidation sites excluding steroid dienone is 2. The van der Waals surface area contributed by atoms with Gasteiger partial charge in [0.2, 0.25) is 10.0 Å². The van der Waals surface area contributed by atoms with E-state index in [9.17, 15) is 13.2 Å². The molecule has 1 amide bonds. The molecular formula is C24H33N5O3S. The molecule has 33 heavy (non-hydrogen) atoms. The predicted molar refractivity (Wildman–Crippen MR) is 131 cm³/mol. The fourth-order valence-corrected chi connectivity index (χ4v) is 5.13. The number of carbonyl (C=O) groups is 1. The van der Waals surface area contributed by atoms with E-state index in [4.69, 9.17) is 0 Å². The van der Waals surface area contributed by atoms with E-state index in [1.54, 1.807) is 41.2 Å². The molecule has 0 aromatic carbocycles. The summed E-state index contributed by atoms with van der Waals surface area (Å²) in [6.07, 6.45) is 5.66. The molecule has 1 N–H and O–H groups in total. The first kappa shape index (κ1) is 24.9. The van der Waals surface area contributed by atoms with Gasteiger partial charge in [-0.1, -0.05) is 18.2 Å². The monoisotopic (exact) mass is 471 g/mol. The summed E-state index contributed by atoms with van der Waals surface area (Å²) in [6.45, 7) is 12.6. The lowest BCUT2D eigenvalue weighted by atomic mass is 9.88. The van der Waals surface area contributed by atoms with Gasteiger partial charge in [-0.2, -0.15) is 5.10 Å². The molecule has 9 heteroatoms. The second-order valence-electron chi connectivity index (χ2n) is 8.49. The van der Waals surface area contributed by atoms with Crippen molar-refractivity contribution in [2.75, 3.05) is 24.2 Å². The SMILES string of the molecule is C=C(C/C=C(\C)C(=O)Nc1cccnc1-n1nc(C)cc1C)C1CCN(S(=O)(=O)CC)CC1. The first-order valence-electron chi connectivity index (χ1n) is 11.2. The van der Waals surface area contributed by atoms with E-state index >= 15 is 0 Å². The number of nitrogens with zero attached hydrogens (tertiary/aromatic N) is 4. The van der Waals surface area contributed by atoms with Crippen molar-refractivity contribution in [3.05, 3.63) is 59.6 Å². The van der Waals surface area contributed by atoms with Gasteiger partial charge in [0.25, 0.3) is 5.91 Å². The maximum absolute atomic E-state index is 12.8. The smallest absolute Gasteiger partial charge is 0.251 e. The minimum atomic E-state index is -3.13. The van der Waals surface area contributed by atoms with Gasteiger partial charge in [0.15, 0.2) is 5.82 Å². The van der Waals surface area contributed by atoms with E-state index < -0.39 is 10.0 Å². The van der Waals surface area contributed by atoms with Crippen molar-refractivity contribution in [3.63, 3.8) is 0 Å². The third-order valence-electron chi connectivity index (χ3n) is 6.06. The molecule has 1 aliphatic heterocycles. The molecule has 1 saturated heterocycles. The van der Waals surface area contributed by atoms with Crippen molar-refractivity contribution in [1.29, 1.82) is 0 Å². The highest BCUT2D eigenvalue weighted by molar-refractivity contribution is 7.89. The van der Waals surface area contributed by atoms with Gasteiger partial charge in [-0.25, -0.2) is 22.4 Å². The zero-order valence-corrected chi connectivity index (χ0v) is 20.7. The van der Waals surface area contributed by atoms with Gasteiger partial charge in [0.05, 0.1) is 17.1 Å². The predicted octanol–water partition coefficient (Wildman–Crippen LogP) is 3.78. The first-order chi connectivity index (χ1) is 15.6. The summed E-state index contributed by atoms with van der Waals surface area (Å²) in [6, 6.07) is 5.54. The molecule has 2 aromatic heterocycles. The number of pyridine rings is 1. The molecular weight excluding hydrogens is 438 g/mol. The average Bonchev–Trinajstić information content (AvgIpc) is 3.15. The second-order valence-corrected chi connectivity index (χ2v) is 10.7. The van der Waals surface area contributed by atoms with Crippen LogP contribution in [0.1, 0.15) is 44.5 Å². The molecule has 178 valence electrons. The lowest BCUT2D eigenvalue weighted by molar-refractivity contribution is -0.112. The van der Waals surface area contributed by atoms with Crippen LogP contribution >= 0.6 is 0 Å². The number of anilines is 1. The van der Waals surface area contributed by atoms with Gasteiger partial charge in [-0.05, 0) is 71.1 Å². The number of sulfonamides is 1. The lowest BCUT2D eigenvalue weighted by Crippen LogP contribution is -2.39. The summed E-state index contributed by atoms with van der Waals surface area (Å²) in [5.41, 5.74) is 4.02. The lowest BCUT2D eigenvalue weighted by Gasteiger charge is -2.31. The average molecular weight is 472 g/mol. The Morgan fingerprint density at radius 2 is 2.00 bits per heavy atom. The number of amides is 1. The summed E-state index contributed by atoms with van der Waals surface area (Å²) in [5.74, 6) is 0.759. The van der Waals surface area contributed by atoms with Crippen molar-refractivity contribution in [2.45, 2.75) is 47.0 Å². The van der Waals surface area contributed by atoms with E-state index in [-0.39, 0.29) is 17.6 Å². The molecule has 0 unspecified atom stereocenters. The van der Waals surface area contributed by atoms with Crippen LogP contribution in [0.4, 0.5) is 5.69 Å². The Kier molecular flexibility index (Phi) is 7.86. The minimum absolute atomic E-state index is 0.133. The van der Waals surface area contributed by atoms with Gasteiger partial charge >= 0.3 is 0 Å². The Balaban J connectivity index is 1.61. The summed E-state index contributed by atoms with van der Waals surface area (Å²) in [4.78, 5) is 17.2. The highest BCUT2D eigenvalue weighted by Gasteiger charge is 2.27. The van der Waals surface area contributed by atoms with Gasteiger partial charge in [-0.3, -0.25) is 4.79 Å². The van der Waals surface area contributed by atoms with Crippen molar-refractivity contribution in [3.8, 4) is 5.82 Å². The summed E-state index contributed by atoms with van der Waals surface area (Å²) >= 11 is 0. The van der Waals surface area contributed by atoms with Crippen molar-refractivity contribution in [2.24, 2.45) is 5.92 Å². The van der Waals surface area contributed by atoms with Crippen LogP contribution in [-0.4, -0.2) is 52.2 Å². The third-order valence-corrected chi connectivity index (χ3v) is 7.94. The molecule has 3 heterocycles. The summed E-state index contributed by atoms with van der Waals surface area (Å²) in [7, 11) is -3.13. The zero-order chi connectivity index (χ0) is 24.2. The Morgan fingerprint density at radius 1 is 1.30 bits per heavy atom. The number of carbonyl (C=O) groups excluding carboxylic acids is 1. The molecule has 0 saturated carbocycles. The zero-order valence-electron chi connectivity index (χ0n) is 19.8. The Hall–Kier alpha value is -2.78. The van der Waals surface area contributed by atoms with E-state index in [0.29, 0.717) is 36.6 Å². The van der Waals surface area contributed by atoms with Gasteiger partial charge in [-0.15, -0.1) is 0 Å². The van der Waals surface area contributed by atoms with Crippen LogP contribution in [0.5, 0.6) is 0 Å². The maximum Gasteiger partial charge on any atom is 0.251 e.